The minimum absolute atomic E-state index is 0.0178. The van der Waals surface area contributed by atoms with Crippen LogP contribution in [0.3, 0.4) is 0 Å². The number of likely N-dealkylation sites (tertiary alicyclic amines) is 1. The molecule has 1 aliphatic rings. The van der Waals surface area contributed by atoms with E-state index in [-0.39, 0.29) is 17.7 Å². The van der Waals surface area contributed by atoms with Gasteiger partial charge in [-0.2, -0.15) is 0 Å². The van der Waals surface area contributed by atoms with E-state index in [1.165, 1.54) is 6.92 Å². The Labute approximate surface area is 123 Å². The van der Waals surface area contributed by atoms with Gasteiger partial charge < -0.3 is 10.2 Å². The van der Waals surface area contributed by atoms with E-state index in [4.69, 9.17) is 0 Å². The van der Waals surface area contributed by atoms with Crippen molar-refractivity contribution in [2.45, 2.75) is 13.8 Å². The van der Waals surface area contributed by atoms with Crippen LogP contribution < -0.4 is 5.32 Å². The average Bonchev–Trinajstić information content (AvgIpc) is 2.36. The predicted molar refractivity (Wildman–Crippen MR) is 80.9 cm³/mol. The van der Waals surface area contributed by atoms with Gasteiger partial charge >= 0.3 is 0 Å². The van der Waals surface area contributed by atoms with E-state index in [1.807, 2.05) is 37.3 Å². The lowest BCUT2D eigenvalue weighted by Crippen LogP contribution is -2.53. The number of fused-ring (bicyclic) bond motifs is 1. The maximum absolute atomic E-state index is 12.2. The lowest BCUT2D eigenvalue weighted by Gasteiger charge is -2.37. The van der Waals surface area contributed by atoms with Gasteiger partial charge in [0.15, 0.2) is 0 Å². The molecule has 0 saturated carbocycles. The average molecular weight is 283 g/mol. The fourth-order valence-corrected chi connectivity index (χ4v) is 2.55. The number of hydrogen-bond acceptors (Lipinski definition) is 3. The molecule has 5 heteroatoms. The summed E-state index contributed by atoms with van der Waals surface area (Å²) in [6, 6.07) is 9.60. The normalized spacial score (nSPS) is 14.9. The summed E-state index contributed by atoms with van der Waals surface area (Å²) in [5, 5.41) is 3.90. The molecular weight excluding hydrogens is 266 g/mol. The first kappa shape index (κ1) is 13.5. The highest BCUT2D eigenvalue weighted by Crippen LogP contribution is 2.25. The smallest absolute Gasteiger partial charge is 0.231 e. The molecule has 0 bridgehead atoms. The number of carbonyl (C=O) groups is 2. The van der Waals surface area contributed by atoms with E-state index in [0.717, 1.165) is 22.3 Å². The number of hydrogen-bond donors (Lipinski definition) is 1. The van der Waals surface area contributed by atoms with E-state index in [1.54, 1.807) is 4.90 Å². The number of carbonyl (C=O) groups excluding carboxylic acids is 2. The van der Waals surface area contributed by atoms with E-state index in [0.29, 0.717) is 13.1 Å². The first-order valence-electron chi connectivity index (χ1n) is 6.97. The summed E-state index contributed by atoms with van der Waals surface area (Å²) < 4.78 is 0. The Balaban J connectivity index is 1.79. The van der Waals surface area contributed by atoms with Crippen molar-refractivity contribution < 1.29 is 9.59 Å². The molecule has 0 unspecified atom stereocenters. The number of pyridine rings is 1. The summed E-state index contributed by atoms with van der Waals surface area (Å²) in [5.74, 6) is -0.145. The van der Waals surface area contributed by atoms with Crippen LogP contribution in [0.1, 0.15) is 12.6 Å². The van der Waals surface area contributed by atoms with Crippen molar-refractivity contribution in [2.24, 2.45) is 5.92 Å². The summed E-state index contributed by atoms with van der Waals surface area (Å²) in [6.07, 6.45) is 0. The van der Waals surface area contributed by atoms with E-state index < -0.39 is 0 Å². The molecule has 2 heterocycles. The van der Waals surface area contributed by atoms with Crippen molar-refractivity contribution in [1.29, 1.82) is 0 Å². The second-order valence-electron chi connectivity index (χ2n) is 5.44. The van der Waals surface area contributed by atoms with Crippen LogP contribution in [-0.2, 0) is 9.59 Å². The lowest BCUT2D eigenvalue weighted by molar-refractivity contribution is -0.139. The number of nitrogens with one attached hydrogen (secondary N) is 1. The predicted octanol–water partition coefficient (Wildman–Crippen LogP) is 1.96. The quantitative estimate of drug-likeness (QED) is 0.916. The number of para-hydroxylation sites is 1. The van der Waals surface area contributed by atoms with Crippen molar-refractivity contribution in [3.63, 3.8) is 0 Å². The largest absolute Gasteiger partial charge is 0.341 e. The van der Waals surface area contributed by atoms with Crippen LogP contribution >= 0.6 is 0 Å². The maximum atomic E-state index is 12.2. The van der Waals surface area contributed by atoms with Crippen LogP contribution in [0.4, 0.5) is 5.69 Å². The van der Waals surface area contributed by atoms with Crippen LogP contribution in [0.25, 0.3) is 10.9 Å². The Morgan fingerprint density at radius 3 is 2.71 bits per heavy atom. The molecule has 108 valence electrons. The molecule has 0 atom stereocenters. The minimum Gasteiger partial charge on any atom is -0.341 e. The van der Waals surface area contributed by atoms with Crippen LogP contribution in [-0.4, -0.2) is 34.8 Å². The second kappa shape index (κ2) is 5.16. The van der Waals surface area contributed by atoms with E-state index >= 15 is 0 Å². The topological polar surface area (TPSA) is 62.3 Å². The van der Waals surface area contributed by atoms with E-state index in [9.17, 15) is 9.59 Å². The molecule has 21 heavy (non-hydrogen) atoms. The van der Waals surface area contributed by atoms with Gasteiger partial charge in [-0.1, -0.05) is 18.2 Å². The molecule has 0 spiro atoms. The van der Waals surface area contributed by atoms with Gasteiger partial charge in [-0.25, -0.2) is 0 Å². The first-order chi connectivity index (χ1) is 10.0. The molecule has 0 radical (unpaired) electrons. The molecule has 5 nitrogen and oxygen atoms in total. The fraction of sp³-hybridized carbons (Fsp3) is 0.312. The van der Waals surface area contributed by atoms with Gasteiger partial charge in [-0.15, -0.1) is 0 Å². The molecular formula is C16H17N3O2. The Kier molecular flexibility index (Phi) is 3.33. The molecule has 1 fully saturated rings. The van der Waals surface area contributed by atoms with Gasteiger partial charge in [0, 0.05) is 31.1 Å². The van der Waals surface area contributed by atoms with Crippen LogP contribution in [0, 0.1) is 12.8 Å². The maximum Gasteiger partial charge on any atom is 0.231 e. The monoisotopic (exact) mass is 283 g/mol. The summed E-state index contributed by atoms with van der Waals surface area (Å²) >= 11 is 0. The molecule has 3 rings (SSSR count). The first-order valence-corrected chi connectivity index (χ1v) is 6.97. The van der Waals surface area contributed by atoms with Gasteiger partial charge in [0.2, 0.25) is 11.8 Å². The molecule has 2 amide bonds. The zero-order valence-electron chi connectivity index (χ0n) is 12.1. The van der Waals surface area contributed by atoms with Gasteiger partial charge in [-0.3, -0.25) is 14.6 Å². The Morgan fingerprint density at radius 1 is 1.29 bits per heavy atom. The SMILES string of the molecule is CC(=O)N1CC(C(=O)Nc2cc(C)nc3ccccc23)C1. The lowest BCUT2D eigenvalue weighted by atomic mass is 9.99. The summed E-state index contributed by atoms with van der Waals surface area (Å²) in [5.41, 5.74) is 2.51. The van der Waals surface area contributed by atoms with Gasteiger partial charge in [0.1, 0.15) is 0 Å². The van der Waals surface area contributed by atoms with Crippen LogP contribution in [0.2, 0.25) is 0 Å². The molecule has 2 aromatic rings. The minimum atomic E-state index is -0.124. The van der Waals surface area contributed by atoms with E-state index in [2.05, 4.69) is 10.3 Å². The second-order valence-corrected chi connectivity index (χ2v) is 5.44. The number of rotatable bonds is 2. The number of aryl methyl sites for hydroxylation is 1. The number of anilines is 1. The molecule has 1 aromatic carbocycles. The van der Waals surface area contributed by atoms with Crippen molar-refractivity contribution >= 4 is 28.4 Å². The highest BCUT2D eigenvalue weighted by Gasteiger charge is 2.34. The zero-order chi connectivity index (χ0) is 15.0. The fourth-order valence-electron chi connectivity index (χ4n) is 2.55. The highest BCUT2D eigenvalue weighted by atomic mass is 16.2. The highest BCUT2D eigenvalue weighted by molar-refractivity contribution is 6.02. The third-order valence-electron chi connectivity index (χ3n) is 3.80. The van der Waals surface area contributed by atoms with Gasteiger partial charge in [0.05, 0.1) is 17.1 Å². The van der Waals surface area contributed by atoms with Crippen molar-refractivity contribution in [3.05, 3.63) is 36.0 Å². The zero-order valence-corrected chi connectivity index (χ0v) is 12.1. The van der Waals surface area contributed by atoms with Crippen LogP contribution in [0.5, 0.6) is 0 Å². The number of nitrogens with zero attached hydrogens (tertiary/aromatic N) is 2. The molecule has 1 aliphatic heterocycles. The number of aromatic nitrogens is 1. The summed E-state index contributed by atoms with van der Waals surface area (Å²) in [7, 11) is 0. The third kappa shape index (κ3) is 2.59. The molecule has 0 aliphatic carbocycles. The Bertz CT molecular complexity index is 721. The van der Waals surface area contributed by atoms with Gasteiger partial charge in [-0.05, 0) is 19.1 Å². The van der Waals surface area contributed by atoms with Crippen LogP contribution in [0.15, 0.2) is 30.3 Å². The van der Waals surface area contributed by atoms with Crippen molar-refractivity contribution in [1.82, 2.24) is 9.88 Å². The number of benzene rings is 1. The Morgan fingerprint density at radius 2 is 2.00 bits per heavy atom. The molecule has 1 aromatic heterocycles. The van der Waals surface area contributed by atoms with Crippen molar-refractivity contribution in [2.75, 3.05) is 18.4 Å². The van der Waals surface area contributed by atoms with Crippen molar-refractivity contribution in [3.8, 4) is 0 Å². The summed E-state index contributed by atoms with van der Waals surface area (Å²) in [6.45, 7) is 4.43. The number of amides is 2. The molecule has 1 N–H and O–H groups in total. The standard InChI is InChI=1S/C16H17N3O2/c1-10-7-15(13-5-3-4-6-14(13)17-10)18-16(21)12-8-19(9-12)11(2)20/h3-7,12H,8-9H2,1-2H3,(H,17,18,21). The van der Waals surface area contributed by atoms with Gasteiger partial charge in [0.25, 0.3) is 0 Å². The summed E-state index contributed by atoms with van der Waals surface area (Å²) in [4.78, 5) is 29.5. The molecule has 1 saturated heterocycles. The Hall–Kier alpha value is -2.43. The third-order valence-corrected chi connectivity index (χ3v) is 3.80.